The van der Waals surface area contributed by atoms with Gasteiger partial charge in [-0.25, -0.2) is 4.39 Å². The fourth-order valence-electron chi connectivity index (χ4n) is 1.53. The minimum atomic E-state index is -4.58. The van der Waals surface area contributed by atoms with E-state index < -0.39 is 17.7 Å². The Hall–Kier alpha value is -2.02. The Labute approximate surface area is 119 Å². The maximum atomic E-state index is 13.7. The first-order valence-electron chi connectivity index (χ1n) is 6.30. The molecule has 0 radical (unpaired) electrons. The summed E-state index contributed by atoms with van der Waals surface area (Å²) in [4.78, 5) is 7.00. The number of nitrogens with zero attached hydrogens (tertiary/aromatic N) is 2. The van der Waals surface area contributed by atoms with Crippen molar-refractivity contribution in [1.82, 2.24) is 9.97 Å². The molecule has 0 unspecified atom stereocenters. The molecule has 7 heteroatoms. The van der Waals surface area contributed by atoms with Crippen molar-refractivity contribution in [3.8, 4) is 11.3 Å². The molecule has 2 aromatic heterocycles. The van der Waals surface area contributed by atoms with Gasteiger partial charge < -0.3 is 5.73 Å². The van der Waals surface area contributed by atoms with Crippen LogP contribution in [-0.2, 0) is 12.7 Å². The van der Waals surface area contributed by atoms with E-state index in [-0.39, 0.29) is 17.8 Å². The second-order valence-electron chi connectivity index (χ2n) is 3.81. The Morgan fingerprint density at radius 3 is 2.33 bits per heavy atom. The van der Waals surface area contributed by atoms with Gasteiger partial charge in [0.15, 0.2) is 0 Å². The normalized spacial score (nSPS) is 10.8. The van der Waals surface area contributed by atoms with E-state index in [0.29, 0.717) is 5.56 Å². The van der Waals surface area contributed by atoms with E-state index in [2.05, 4.69) is 9.97 Å². The smallest absolute Gasteiger partial charge is 0.326 e. The van der Waals surface area contributed by atoms with Crippen molar-refractivity contribution < 1.29 is 17.6 Å². The van der Waals surface area contributed by atoms with Crippen molar-refractivity contribution in [2.24, 2.45) is 5.73 Å². The Kier molecular flexibility index (Phi) is 5.78. The van der Waals surface area contributed by atoms with E-state index in [0.717, 1.165) is 18.3 Å². The van der Waals surface area contributed by atoms with Crippen LogP contribution >= 0.6 is 0 Å². The van der Waals surface area contributed by atoms with Gasteiger partial charge in [0.05, 0.1) is 0 Å². The summed E-state index contributed by atoms with van der Waals surface area (Å²) in [5.41, 5.74) is 4.55. The zero-order valence-electron chi connectivity index (χ0n) is 11.6. The van der Waals surface area contributed by atoms with Crippen LogP contribution in [0.3, 0.4) is 0 Å². The number of rotatable bonds is 2. The third kappa shape index (κ3) is 4.22. The van der Waals surface area contributed by atoms with Crippen LogP contribution in [0.15, 0.2) is 30.6 Å². The summed E-state index contributed by atoms with van der Waals surface area (Å²) in [6.45, 7) is 4.11. The van der Waals surface area contributed by atoms with Crippen molar-refractivity contribution in [3.05, 3.63) is 47.7 Å². The molecule has 3 nitrogen and oxygen atoms in total. The van der Waals surface area contributed by atoms with Crippen LogP contribution in [0.25, 0.3) is 11.3 Å². The summed E-state index contributed by atoms with van der Waals surface area (Å²) in [7, 11) is 0. The SMILES string of the molecule is CC.NCc1cnc(-c2ccnc(C(F)(F)F)c2)c(F)c1. The summed E-state index contributed by atoms with van der Waals surface area (Å²) in [5.74, 6) is -0.720. The number of hydrogen-bond acceptors (Lipinski definition) is 3. The minimum absolute atomic E-state index is 0.0170. The van der Waals surface area contributed by atoms with E-state index in [1.807, 2.05) is 13.8 Å². The number of pyridine rings is 2. The van der Waals surface area contributed by atoms with Gasteiger partial charge in [0, 0.05) is 24.5 Å². The van der Waals surface area contributed by atoms with E-state index in [9.17, 15) is 17.6 Å². The predicted octanol–water partition coefficient (Wildman–Crippen LogP) is 3.79. The second-order valence-corrected chi connectivity index (χ2v) is 3.81. The third-order valence-corrected chi connectivity index (χ3v) is 2.46. The van der Waals surface area contributed by atoms with Gasteiger partial charge >= 0.3 is 6.18 Å². The van der Waals surface area contributed by atoms with E-state index >= 15 is 0 Å². The highest BCUT2D eigenvalue weighted by molar-refractivity contribution is 5.60. The van der Waals surface area contributed by atoms with Crippen LogP contribution in [0.1, 0.15) is 25.1 Å². The van der Waals surface area contributed by atoms with Crippen LogP contribution in [0.4, 0.5) is 17.6 Å². The lowest BCUT2D eigenvalue weighted by Gasteiger charge is -2.08. The number of alkyl halides is 3. The standard InChI is InChI=1S/C12H9F4N3.C2H6/c13-9-3-7(5-17)6-19-11(9)8-1-2-18-10(4-8)12(14,15)16;1-2/h1-4,6H,5,17H2;1-2H3. The number of aromatic nitrogens is 2. The molecular weight excluding hydrogens is 286 g/mol. The molecule has 0 aliphatic heterocycles. The molecule has 2 heterocycles. The number of halogens is 4. The van der Waals surface area contributed by atoms with Gasteiger partial charge in [-0.3, -0.25) is 9.97 Å². The highest BCUT2D eigenvalue weighted by Crippen LogP contribution is 2.30. The first-order chi connectivity index (χ1) is 9.91. The Morgan fingerprint density at radius 1 is 1.14 bits per heavy atom. The lowest BCUT2D eigenvalue weighted by Crippen LogP contribution is -2.08. The Morgan fingerprint density at radius 2 is 1.81 bits per heavy atom. The molecule has 0 atom stereocenters. The fraction of sp³-hybridized carbons (Fsp3) is 0.286. The summed E-state index contributed by atoms with van der Waals surface area (Å²) in [6, 6.07) is 3.17. The zero-order chi connectivity index (χ0) is 16.0. The maximum Gasteiger partial charge on any atom is 0.433 e. The van der Waals surface area contributed by atoms with Crippen LogP contribution < -0.4 is 5.73 Å². The molecule has 21 heavy (non-hydrogen) atoms. The third-order valence-electron chi connectivity index (χ3n) is 2.46. The van der Waals surface area contributed by atoms with Crippen molar-refractivity contribution in [2.45, 2.75) is 26.6 Å². The molecule has 0 spiro atoms. The molecule has 114 valence electrons. The lowest BCUT2D eigenvalue weighted by molar-refractivity contribution is -0.141. The predicted molar refractivity (Wildman–Crippen MR) is 71.7 cm³/mol. The molecule has 0 saturated heterocycles. The minimum Gasteiger partial charge on any atom is -0.326 e. The largest absolute Gasteiger partial charge is 0.433 e. The second kappa shape index (κ2) is 7.12. The number of nitrogens with two attached hydrogens (primary N) is 1. The molecule has 0 bridgehead atoms. The highest BCUT2D eigenvalue weighted by Gasteiger charge is 2.32. The average molecular weight is 301 g/mol. The van der Waals surface area contributed by atoms with Gasteiger partial charge in [-0.05, 0) is 23.8 Å². The molecule has 0 amide bonds. The van der Waals surface area contributed by atoms with Crippen LogP contribution in [0, 0.1) is 5.82 Å². The molecule has 0 fully saturated rings. The van der Waals surface area contributed by atoms with Gasteiger partial charge in [-0.15, -0.1) is 0 Å². The van der Waals surface area contributed by atoms with Gasteiger partial charge in [0.1, 0.15) is 17.2 Å². The van der Waals surface area contributed by atoms with Gasteiger partial charge in [0.2, 0.25) is 0 Å². The summed E-state index contributed by atoms with van der Waals surface area (Å²) >= 11 is 0. The molecule has 0 aliphatic carbocycles. The van der Waals surface area contributed by atoms with E-state index in [1.54, 1.807) is 0 Å². The van der Waals surface area contributed by atoms with Crippen molar-refractivity contribution in [1.29, 1.82) is 0 Å². The molecular formula is C14H15F4N3. The fourth-order valence-corrected chi connectivity index (χ4v) is 1.53. The maximum absolute atomic E-state index is 13.7. The van der Waals surface area contributed by atoms with Gasteiger partial charge in [-0.2, -0.15) is 13.2 Å². The summed E-state index contributed by atoms with van der Waals surface area (Å²) < 4.78 is 51.3. The van der Waals surface area contributed by atoms with Crippen molar-refractivity contribution in [3.63, 3.8) is 0 Å². The monoisotopic (exact) mass is 301 g/mol. The summed E-state index contributed by atoms with van der Waals surface area (Å²) in [5, 5.41) is 0. The highest BCUT2D eigenvalue weighted by atomic mass is 19.4. The molecule has 2 aromatic rings. The Bertz CT molecular complexity index is 597. The molecule has 2 N–H and O–H groups in total. The molecule has 0 saturated carbocycles. The Balaban J connectivity index is 0.00000106. The van der Waals surface area contributed by atoms with E-state index in [4.69, 9.17) is 5.73 Å². The van der Waals surface area contributed by atoms with Crippen molar-refractivity contribution in [2.75, 3.05) is 0 Å². The first-order valence-corrected chi connectivity index (χ1v) is 6.30. The van der Waals surface area contributed by atoms with Gasteiger partial charge in [0.25, 0.3) is 0 Å². The summed E-state index contributed by atoms with van der Waals surface area (Å²) in [6.07, 6.45) is -2.29. The quantitative estimate of drug-likeness (QED) is 0.859. The number of hydrogen-bond donors (Lipinski definition) is 1. The molecule has 0 aliphatic rings. The van der Waals surface area contributed by atoms with Crippen molar-refractivity contribution >= 4 is 0 Å². The lowest BCUT2D eigenvalue weighted by atomic mass is 10.1. The molecule has 2 rings (SSSR count). The van der Waals surface area contributed by atoms with E-state index in [1.165, 1.54) is 12.3 Å². The zero-order valence-corrected chi connectivity index (χ0v) is 11.6. The first kappa shape index (κ1) is 17.0. The van der Waals surface area contributed by atoms with Crippen LogP contribution in [-0.4, -0.2) is 9.97 Å². The van der Waals surface area contributed by atoms with Crippen LogP contribution in [0.2, 0.25) is 0 Å². The van der Waals surface area contributed by atoms with Crippen LogP contribution in [0.5, 0.6) is 0 Å². The molecule has 0 aromatic carbocycles. The van der Waals surface area contributed by atoms with Gasteiger partial charge in [-0.1, -0.05) is 13.8 Å². The average Bonchev–Trinajstić information content (AvgIpc) is 2.48. The topological polar surface area (TPSA) is 51.8 Å².